The van der Waals surface area contributed by atoms with Crippen molar-refractivity contribution in [2.75, 3.05) is 20.1 Å². The molecule has 0 spiro atoms. The maximum atomic E-state index is 12.0. The average Bonchev–Trinajstić information content (AvgIpc) is 3.32. The van der Waals surface area contributed by atoms with Gasteiger partial charge in [-0.05, 0) is 23.6 Å². The first-order chi connectivity index (χ1) is 12.6. The molecule has 0 radical (unpaired) electrons. The third-order valence-electron chi connectivity index (χ3n) is 3.49. The summed E-state index contributed by atoms with van der Waals surface area (Å²) < 4.78 is 28.8. The van der Waals surface area contributed by atoms with Crippen molar-refractivity contribution < 1.29 is 8.42 Å². The molecule has 3 aromatic heterocycles. The molecule has 0 amide bonds. The standard InChI is InChI=1S/C15H19N7O2S2/c1-16-15(17-7-8-19-26(23,24)14-6-4-10-25-14)18-11-13-21-20-12-5-2-3-9-22(12)13/h2-6,9-10,19H,7-8,11H2,1H3,(H2,16,17,18). The molecule has 3 aromatic rings. The SMILES string of the molecule is CN=C(NCCNS(=O)(=O)c1cccs1)NCc1nnc2ccccn12. The van der Waals surface area contributed by atoms with Crippen LogP contribution in [0.4, 0.5) is 0 Å². The smallest absolute Gasteiger partial charge is 0.250 e. The van der Waals surface area contributed by atoms with E-state index < -0.39 is 10.0 Å². The normalized spacial score (nSPS) is 12.4. The molecule has 0 saturated heterocycles. The molecule has 138 valence electrons. The van der Waals surface area contributed by atoms with Crippen molar-refractivity contribution in [3.8, 4) is 0 Å². The number of pyridine rings is 1. The molecule has 0 saturated carbocycles. The molecule has 11 heteroatoms. The van der Waals surface area contributed by atoms with Crippen LogP contribution in [0.5, 0.6) is 0 Å². The van der Waals surface area contributed by atoms with Gasteiger partial charge < -0.3 is 10.6 Å². The van der Waals surface area contributed by atoms with Crippen molar-refractivity contribution in [2.24, 2.45) is 4.99 Å². The molecule has 0 bridgehead atoms. The van der Waals surface area contributed by atoms with Crippen molar-refractivity contribution >= 4 is 33.0 Å². The molecule has 26 heavy (non-hydrogen) atoms. The van der Waals surface area contributed by atoms with Crippen molar-refractivity contribution in [1.29, 1.82) is 0 Å². The summed E-state index contributed by atoms with van der Waals surface area (Å²) in [6.45, 7) is 1.07. The van der Waals surface area contributed by atoms with E-state index in [0.29, 0.717) is 23.3 Å². The fourth-order valence-electron chi connectivity index (χ4n) is 2.25. The average molecular weight is 393 g/mol. The fourth-order valence-corrected chi connectivity index (χ4v) is 4.32. The van der Waals surface area contributed by atoms with Crippen LogP contribution in [0.15, 0.2) is 51.1 Å². The Labute approximate surface area is 155 Å². The van der Waals surface area contributed by atoms with Gasteiger partial charge in [0, 0.05) is 26.3 Å². The highest BCUT2D eigenvalue weighted by Crippen LogP contribution is 2.14. The molecular formula is C15H19N7O2S2. The van der Waals surface area contributed by atoms with Crippen molar-refractivity contribution in [1.82, 2.24) is 30.0 Å². The molecule has 0 aliphatic rings. The van der Waals surface area contributed by atoms with E-state index in [1.165, 1.54) is 11.3 Å². The predicted molar refractivity (Wildman–Crippen MR) is 101 cm³/mol. The van der Waals surface area contributed by atoms with Gasteiger partial charge in [-0.1, -0.05) is 12.1 Å². The Morgan fingerprint density at radius 3 is 2.85 bits per heavy atom. The number of nitrogens with one attached hydrogen (secondary N) is 3. The molecule has 0 atom stereocenters. The second-order valence-corrected chi connectivity index (χ2v) is 8.17. The van der Waals surface area contributed by atoms with Crippen LogP contribution in [0.25, 0.3) is 5.65 Å². The van der Waals surface area contributed by atoms with Gasteiger partial charge in [0.25, 0.3) is 0 Å². The number of aromatic nitrogens is 3. The second-order valence-electron chi connectivity index (χ2n) is 5.23. The number of nitrogens with zero attached hydrogens (tertiary/aromatic N) is 4. The number of thiophene rings is 1. The Morgan fingerprint density at radius 1 is 1.19 bits per heavy atom. The second kappa shape index (κ2) is 8.25. The van der Waals surface area contributed by atoms with E-state index in [4.69, 9.17) is 0 Å². The van der Waals surface area contributed by atoms with Crippen LogP contribution in [0.3, 0.4) is 0 Å². The van der Waals surface area contributed by atoms with Gasteiger partial charge in [-0.2, -0.15) is 0 Å². The van der Waals surface area contributed by atoms with E-state index in [1.807, 2.05) is 28.8 Å². The van der Waals surface area contributed by atoms with E-state index in [-0.39, 0.29) is 6.54 Å². The summed E-state index contributed by atoms with van der Waals surface area (Å²) in [5.41, 5.74) is 0.773. The Kier molecular flexibility index (Phi) is 5.81. The van der Waals surface area contributed by atoms with Gasteiger partial charge in [0.2, 0.25) is 10.0 Å². The first-order valence-corrected chi connectivity index (χ1v) is 10.2. The molecule has 9 nitrogen and oxygen atoms in total. The summed E-state index contributed by atoms with van der Waals surface area (Å²) in [7, 11) is -1.80. The molecule has 0 aliphatic carbocycles. The van der Waals surface area contributed by atoms with Gasteiger partial charge in [0.1, 0.15) is 4.21 Å². The highest BCUT2D eigenvalue weighted by Gasteiger charge is 2.13. The van der Waals surface area contributed by atoms with E-state index in [9.17, 15) is 8.42 Å². The van der Waals surface area contributed by atoms with Gasteiger partial charge in [-0.3, -0.25) is 9.39 Å². The van der Waals surface area contributed by atoms with Crippen molar-refractivity contribution in [2.45, 2.75) is 10.8 Å². The number of aliphatic imine (C=N–C) groups is 1. The largest absolute Gasteiger partial charge is 0.355 e. The Bertz CT molecular complexity index is 981. The van der Waals surface area contributed by atoms with Gasteiger partial charge in [0.05, 0.1) is 6.54 Å². The zero-order chi connectivity index (χ0) is 18.4. The van der Waals surface area contributed by atoms with Gasteiger partial charge in [0.15, 0.2) is 17.4 Å². The first-order valence-electron chi connectivity index (χ1n) is 7.86. The van der Waals surface area contributed by atoms with Crippen molar-refractivity contribution in [3.63, 3.8) is 0 Å². The topological polar surface area (TPSA) is 113 Å². The Balaban J connectivity index is 1.47. The lowest BCUT2D eigenvalue weighted by Crippen LogP contribution is -2.41. The molecule has 3 heterocycles. The summed E-state index contributed by atoms with van der Waals surface area (Å²) in [6, 6.07) is 8.97. The number of hydrogen-bond donors (Lipinski definition) is 3. The van der Waals surface area contributed by atoms with Gasteiger partial charge in [-0.25, -0.2) is 13.1 Å². The van der Waals surface area contributed by atoms with Crippen LogP contribution < -0.4 is 15.4 Å². The monoisotopic (exact) mass is 393 g/mol. The summed E-state index contributed by atoms with van der Waals surface area (Å²) in [6.07, 6.45) is 1.89. The summed E-state index contributed by atoms with van der Waals surface area (Å²) >= 11 is 1.18. The zero-order valence-corrected chi connectivity index (χ0v) is 15.7. The van der Waals surface area contributed by atoms with Crippen LogP contribution in [-0.4, -0.2) is 49.1 Å². The summed E-state index contributed by atoms with van der Waals surface area (Å²) in [5.74, 6) is 1.30. The Morgan fingerprint density at radius 2 is 2.08 bits per heavy atom. The molecule has 0 fully saturated rings. The molecule has 0 aliphatic heterocycles. The molecule has 0 aromatic carbocycles. The highest BCUT2D eigenvalue weighted by molar-refractivity contribution is 7.91. The highest BCUT2D eigenvalue weighted by atomic mass is 32.2. The van der Waals surface area contributed by atoms with E-state index >= 15 is 0 Å². The summed E-state index contributed by atoms with van der Waals surface area (Å²) in [5, 5.41) is 16.1. The minimum absolute atomic E-state index is 0.245. The number of fused-ring (bicyclic) bond motifs is 1. The van der Waals surface area contributed by atoms with Crippen molar-refractivity contribution in [3.05, 3.63) is 47.7 Å². The van der Waals surface area contributed by atoms with Crippen LogP contribution in [0, 0.1) is 0 Å². The lowest BCUT2D eigenvalue weighted by Gasteiger charge is -2.11. The lowest BCUT2D eigenvalue weighted by atomic mass is 10.4. The Hall–Kier alpha value is -2.50. The number of rotatable bonds is 7. The van der Waals surface area contributed by atoms with Crippen LogP contribution >= 0.6 is 11.3 Å². The number of guanidine groups is 1. The lowest BCUT2D eigenvalue weighted by molar-refractivity contribution is 0.582. The van der Waals surface area contributed by atoms with Gasteiger partial charge >= 0.3 is 0 Å². The zero-order valence-electron chi connectivity index (χ0n) is 14.1. The molecular weight excluding hydrogens is 374 g/mol. The molecule has 0 unspecified atom stereocenters. The maximum absolute atomic E-state index is 12.0. The number of hydrogen-bond acceptors (Lipinski definition) is 6. The third-order valence-corrected chi connectivity index (χ3v) is 6.35. The van der Waals surface area contributed by atoms with Crippen LogP contribution in [0.2, 0.25) is 0 Å². The molecule has 3 N–H and O–H groups in total. The van der Waals surface area contributed by atoms with Gasteiger partial charge in [-0.15, -0.1) is 21.5 Å². The van der Waals surface area contributed by atoms with Crippen LogP contribution in [-0.2, 0) is 16.6 Å². The predicted octanol–water partition coefficient (Wildman–Crippen LogP) is 0.434. The first kappa shape index (κ1) is 18.3. The fraction of sp³-hybridized carbons (Fsp3) is 0.267. The maximum Gasteiger partial charge on any atom is 0.250 e. The number of sulfonamides is 1. The summed E-state index contributed by atoms with van der Waals surface area (Å²) in [4.78, 5) is 4.11. The minimum Gasteiger partial charge on any atom is -0.355 e. The molecule has 3 rings (SSSR count). The van der Waals surface area contributed by atoms with E-state index in [0.717, 1.165) is 11.5 Å². The van der Waals surface area contributed by atoms with E-state index in [1.54, 1.807) is 24.6 Å². The quantitative estimate of drug-likeness (QED) is 0.305. The van der Waals surface area contributed by atoms with Crippen LogP contribution in [0.1, 0.15) is 5.82 Å². The van der Waals surface area contributed by atoms with E-state index in [2.05, 4.69) is 30.5 Å². The third kappa shape index (κ3) is 4.36. The minimum atomic E-state index is -3.45.